The average molecular weight is 215 g/mol. The van der Waals surface area contributed by atoms with Gasteiger partial charge < -0.3 is 5.32 Å². The topological polar surface area (TPSA) is 48.7 Å². The number of benzene rings is 1. The average Bonchev–Trinajstić information content (AvgIpc) is 2.32. The third kappa shape index (κ3) is 1.38. The van der Waals surface area contributed by atoms with Gasteiger partial charge in [-0.2, -0.15) is 5.26 Å². The first-order valence-electron chi connectivity index (χ1n) is 4.84. The highest BCUT2D eigenvalue weighted by molar-refractivity contribution is 5.95. The lowest BCUT2D eigenvalue weighted by atomic mass is 10.1. The maximum absolute atomic E-state index is 13.3. The number of halogens is 1. The summed E-state index contributed by atoms with van der Waals surface area (Å²) in [4.78, 5) is 4.12. The van der Waals surface area contributed by atoms with Crippen LogP contribution >= 0.6 is 0 Å². The first-order chi connectivity index (χ1) is 7.69. The molecule has 0 atom stereocenters. The summed E-state index contributed by atoms with van der Waals surface area (Å²) in [6.45, 7) is 1.68. The molecule has 2 aromatic rings. The summed E-state index contributed by atoms with van der Waals surface area (Å²) in [5, 5.41) is 12.6. The third-order valence-electron chi connectivity index (χ3n) is 2.60. The molecule has 0 saturated heterocycles. The van der Waals surface area contributed by atoms with Gasteiger partial charge in [0.1, 0.15) is 11.9 Å². The number of nitrogens with one attached hydrogen (secondary N) is 1. The van der Waals surface area contributed by atoms with Crippen LogP contribution in [0, 0.1) is 24.1 Å². The highest BCUT2D eigenvalue weighted by atomic mass is 19.1. The number of fused-ring (bicyclic) bond motifs is 1. The molecule has 0 aliphatic carbocycles. The summed E-state index contributed by atoms with van der Waals surface area (Å²) >= 11 is 0. The van der Waals surface area contributed by atoms with Gasteiger partial charge in [-0.15, -0.1) is 0 Å². The monoisotopic (exact) mass is 215 g/mol. The Morgan fingerprint density at radius 1 is 1.44 bits per heavy atom. The van der Waals surface area contributed by atoms with Gasteiger partial charge in [0.25, 0.3) is 0 Å². The Kier molecular flexibility index (Phi) is 2.45. The van der Waals surface area contributed by atoms with E-state index in [2.05, 4.69) is 16.4 Å². The maximum Gasteiger partial charge on any atom is 0.128 e. The quantitative estimate of drug-likeness (QED) is 0.795. The fourth-order valence-electron chi connectivity index (χ4n) is 1.74. The van der Waals surface area contributed by atoms with Crippen LogP contribution in [0.3, 0.4) is 0 Å². The second-order valence-corrected chi connectivity index (χ2v) is 3.48. The maximum atomic E-state index is 13.3. The standard InChI is InChI=1S/C12H10FN3/c1-7-10(13)4-3-9-11(7)16-6-8(5-14)12(9)15-2/h3-4,6H,1-2H3,(H,15,16). The second kappa shape index (κ2) is 3.78. The van der Waals surface area contributed by atoms with Gasteiger partial charge >= 0.3 is 0 Å². The largest absolute Gasteiger partial charge is 0.386 e. The molecule has 1 heterocycles. The Hall–Kier alpha value is -2.15. The van der Waals surface area contributed by atoms with Gasteiger partial charge in [-0.05, 0) is 19.1 Å². The molecule has 0 aliphatic heterocycles. The summed E-state index contributed by atoms with van der Waals surface area (Å²) < 4.78 is 13.3. The van der Waals surface area contributed by atoms with E-state index in [0.717, 1.165) is 5.39 Å². The molecular formula is C12H10FN3. The summed E-state index contributed by atoms with van der Waals surface area (Å²) in [5.74, 6) is -0.285. The highest BCUT2D eigenvalue weighted by Gasteiger charge is 2.10. The van der Waals surface area contributed by atoms with Crippen LogP contribution in [0.15, 0.2) is 18.3 Å². The van der Waals surface area contributed by atoms with Crippen molar-refractivity contribution in [1.29, 1.82) is 5.26 Å². The van der Waals surface area contributed by atoms with Crippen molar-refractivity contribution in [3.63, 3.8) is 0 Å². The van der Waals surface area contributed by atoms with Crippen LogP contribution in [-0.2, 0) is 0 Å². The minimum Gasteiger partial charge on any atom is -0.386 e. The Balaban J connectivity index is 2.91. The number of rotatable bonds is 1. The fourth-order valence-corrected chi connectivity index (χ4v) is 1.74. The van der Waals surface area contributed by atoms with Crippen molar-refractivity contribution in [2.45, 2.75) is 6.92 Å². The fraction of sp³-hybridized carbons (Fsp3) is 0.167. The molecule has 80 valence electrons. The number of nitrogens with zero attached hydrogens (tertiary/aromatic N) is 2. The molecule has 0 radical (unpaired) electrons. The molecule has 3 nitrogen and oxygen atoms in total. The van der Waals surface area contributed by atoms with E-state index in [9.17, 15) is 4.39 Å². The zero-order valence-electron chi connectivity index (χ0n) is 9.00. The van der Waals surface area contributed by atoms with Crippen molar-refractivity contribution >= 4 is 16.6 Å². The van der Waals surface area contributed by atoms with Crippen LogP contribution in [0.5, 0.6) is 0 Å². The van der Waals surface area contributed by atoms with E-state index in [1.165, 1.54) is 12.3 Å². The number of anilines is 1. The van der Waals surface area contributed by atoms with Crippen molar-refractivity contribution < 1.29 is 4.39 Å². The van der Waals surface area contributed by atoms with E-state index in [-0.39, 0.29) is 5.82 Å². The molecular weight excluding hydrogens is 205 g/mol. The van der Waals surface area contributed by atoms with Crippen LogP contribution in [0.2, 0.25) is 0 Å². The van der Waals surface area contributed by atoms with Crippen LogP contribution in [0.1, 0.15) is 11.1 Å². The van der Waals surface area contributed by atoms with Gasteiger partial charge in [0.05, 0.1) is 16.8 Å². The van der Waals surface area contributed by atoms with Crippen molar-refractivity contribution in [3.05, 3.63) is 35.3 Å². The minimum atomic E-state index is -0.285. The Morgan fingerprint density at radius 3 is 2.81 bits per heavy atom. The zero-order chi connectivity index (χ0) is 11.7. The molecule has 1 aromatic carbocycles. The van der Waals surface area contributed by atoms with Gasteiger partial charge in [-0.1, -0.05) is 0 Å². The van der Waals surface area contributed by atoms with E-state index in [0.29, 0.717) is 22.3 Å². The molecule has 0 saturated carbocycles. The number of nitriles is 1. The molecule has 0 spiro atoms. The van der Waals surface area contributed by atoms with Crippen molar-refractivity contribution in [1.82, 2.24) is 4.98 Å². The van der Waals surface area contributed by atoms with Gasteiger partial charge in [0.15, 0.2) is 0 Å². The molecule has 0 bridgehead atoms. The molecule has 1 aromatic heterocycles. The zero-order valence-corrected chi connectivity index (χ0v) is 9.00. The van der Waals surface area contributed by atoms with E-state index < -0.39 is 0 Å². The number of aryl methyl sites for hydroxylation is 1. The number of hydrogen-bond acceptors (Lipinski definition) is 3. The molecule has 0 amide bonds. The van der Waals surface area contributed by atoms with E-state index in [4.69, 9.17) is 5.26 Å². The SMILES string of the molecule is CNc1c(C#N)cnc2c(C)c(F)ccc12. The van der Waals surface area contributed by atoms with E-state index in [1.807, 2.05) is 0 Å². The van der Waals surface area contributed by atoms with Gasteiger partial charge in [0.2, 0.25) is 0 Å². The van der Waals surface area contributed by atoms with Gasteiger partial charge in [0, 0.05) is 24.2 Å². The molecule has 1 N–H and O–H groups in total. The summed E-state index contributed by atoms with van der Waals surface area (Å²) in [6, 6.07) is 5.08. The first-order valence-corrected chi connectivity index (χ1v) is 4.84. The summed E-state index contributed by atoms with van der Waals surface area (Å²) in [6.07, 6.45) is 1.46. The lowest BCUT2D eigenvalue weighted by Crippen LogP contribution is -1.97. The van der Waals surface area contributed by atoms with Crippen molar-refractivity contribution in [2.75, 3.05) is 12.4 Å². The van der Waals surface area contributed by atoms with Crippen molar-refractivity contribution in [3.8, 4) is 6.07 Å². The van der Waals surface area contributed by atoms with E-state index in [1.54, 1.807) is 20.0 Å². The Morgan fingerprint density at radius 2 is 2.19 bits per heavy atom. The number of hydrogen-bond donors (Lipinski definition) is 1. The van der Waals surface area contributed by atoms with Crippen molar-refractivity contribution in [2.24, 2.45) is 0 Å². The van der Waals surface area contributed by atoms with Crippen LogP contribution < -0.4 is 5.32 Å². The molecule has 4 heteroatoms. The van der Waals surface area contributed by atoms with Gasteiger partial charge in [-0.25, -0.2) is 4.39 Å². The Labute approximate surface area is 92.5 Å². The highest BCUT2D eigenvalue weighted by Crippen LogP contribution is 2.28. The number of pyridine rings is 1. The molecule has 2 rings (SSSR count). The Bertz CT molecular complexity index is 599. The lowest BCUT2D eigenvalue weighted by molar-refractivity contribution is 0.620. The second-order valence-electron chi connectivity index (χ2n) is 3.48. The molecule has 0 unspecified atom stereocenters. The first kappa shape index (κ1) is 10.4. The third-order valence-corrected chi connectivity index (χ3v) is 2.60. The van der Waals surface area contributed by atoms with Gasteiger partial charge in [-0.3, -0.25) is 4.98 Å². The van der Waals surface area contributed by atoms with Crippen LogP contribution in [0.25, 0.3) is 10.9 Å². The molecule has 16 heavy (non-hydrogen) atoms. The van der Waals surface area contributed by atoms with Crippen LogP contribution in [0.4, 0.5) is 10.1 Å². The molecule has 0 fully saturated rings. The predicted octanol–water partition coefficient (Wildman–Crippen LogP) is 2.60. The smallest absolute Gasteiger partial charge is 0.128 e. The summed E-state index contributed by atoms with van der Waals surface area (Å²) in [5.41, 5.74) is 2.23. The summed E-state index contributed by atoms with van der Waals surface area (Å²) in [7, 11) is 1.73. The van der Waals surface area contributed by atoms with Crippen LogP contribution in [-0.4, -0.2) is 12.0 Å². The normalized spacial score (nSPS) is 10.1. The predicted molar refractivity (Wildman–Crippen MR) is 60.7 cm³/mol. The lowest BCUT2D eigenvalue weighted by Gasteiger charge is -2.09. The molecule has 0 aliphatic rings. The van der Waals surface area contributed by atoms with E-state index >= 15 is 0 Å². The minimum absolute atomic E-state index is 0.285. The number of aromatic nitrogens is 1.